The van der Waals surface area contributed by atoms with E-state index in [0.717, 1.165) is 24.5 Å². The third-order valence-electron chi connectivity index (χ3n) is 4.91. The van der Waals surface area contributed by atoms with E-state index in [1.807, 2.05) is 4.68 Å². The monoisotopic (exact) mass is 294 g/mol. The normalized spacial score (nSPS) is 22.7. The minimum absolute atomic E-state index is 0.0119. The Morgan fingerprint density at radius 3 is 2.76 bits per heavy atom. The summed E-state index contributed by atoms with van der Waals surface area (Å²) in [6.07, 6.45) is 5.50. The Bertz CT molecular complexity index is 467. The zero-order valence-electron chi connectivity index (χ0n) is 14.1. The average molecular weight is 294 g/mol. The second-order valence-corrected chi connectivity index (χ2v) is 7.14. The largest absolute Gasteiger partial charge is 0.493 e. The van der Waals surface area contributed by atoms with Crippen molar-refractivity contribution in [1.82, 2.24) is 14.7 Å². The maximum Gasteiger partial charge on any atom is 0.161 e. The van der Waals surface area contributed by atoms with Gasteiger partial charge < -0.3 is 15.4 Å². The van der Waals surface area contributed by atoms with Gasteiger partial charge in [-0.05, 0) is 38.3 Å². The first-order valence-corrected chi connectivity index (χ1v) is 7.87. The maximum absolute atomic E-state index is 6.65. The van der Waals surface area contributed by atoms with Crippen LogP contribution in [0.15, 0.2) is 6.20 Å². The first kappa shape index (κ1) is 16.3. The number of rotatable bonds is 6. The fourth-order valence-electron chi connectivity index (χ4n) is 3.55. The van der Waals surface area contributed by atoms with Crippen molar-refractivity contribution in [3.63, 3.8) is 0 Å². The van der Waals surface area contributed by atoms with E-state index in [9.17, 15) is 0 Å². The van der Waals surface area contributed by atoms with Gasteiger partial charge in [0, 0.05) is 6.54 Å². The quantitative estimate of drug-likeness (QED) is 0.874. The van der Waals surface area contributed by atoms with Crippen LogP contribution in [-0.4, -0.2) is 42.4 Å². The highest BCUT2D eigenvalue weighted by molar-refractivity contribution is 5.29. The molecule has 0 aromatic carbocycles. The summed E-state index contributed by atoms with van der Waals surface area (Å²) in [5, 5.41) is 4.48. The van der Waals surface area contributed by atoms with E-state index in [1.165, 1.54) is 19.3 Å². The van der Waals surface area contributed by atoms with E-state index in [2.05, 4.69) is 37.9 Å². The lowest BCUT2D eigenvalue weighted by Gasteiger charge is -2.32. The van der Waals surface area contributed by atoms with E-state index in [1.54, 1.807) is 13.3 Å². The van der Waals surface area contributed by atoms with Gasteiger partial charge in [-0.25, -0.2) is 0 Å². The van der Waals surface area contributed by atoms with Gasteiger partial charge in [0.25, 0.3) is 0 Å². The molecule has 1 saturated carbocycles. The molecule has 0 bridgehead atoms. The van der Waals surface area contributed by atoms with Crippen LogP contribution < -0.4 is 10.5 Å². The fraction of sp³-hybridized carbons (Fsp3) is 0.812. The lowest BCUT2D eigenvalue weighted by atomic mass is 9.77. The van der Waals surface area contributed by atoms with E-state index in [-0.39, 0.29) is 6.04 Å². The van der Waals surface area contributed by atoms with Crippen molar-refractivity contribution in [2.24, 2.45) is 17.1 Å². The molecule has 1 heterocycles. The van der Waals surface area contributed by atoms with Gasteiger partial charge in [0.2, 0.25) is 0 Å². The molecule has 2 atom stereocenters. The van der Waals surface area contributed by atoms with Crippen LogP contribution in [0.5, 0.6) is 5.75 Å². The summed E-state index contributed by atoms with van der Waals surface area (Å²) in [5.41, 5.74) is 8.00. The molecule has 2 rings (SSSR count). The van der Waals surface area contributed by atoms with Gasteiger partial charge in [-0.1, -0.05) is 20.3 Å². The van der Waals surface area contributed by atoms with Crippen LogP contribution >= 0.6 is 0 Å². The molecular weight excluding hydrogens is 264 g/mol. The van der Waals surface area contributed by atoms with Gasteiger partial charge >= 0.3 is 0 Å². The topological polar surface area (TPSA) is 56.3 Å². The molecule has 2 N–H and O–H groups in total. The minimum atomic E-state index is -0.0119. The predicted molar refractivity (Wildman–Crippen MR) is 85.4 cm³/mol. The molecule has 21 heavy (non-hydrogen) atoms. The maximum atomic E-state index is 6.65. The summed E-state index contributed by atoms with van der Waals surface area (Å²) in [7, 11) is 5.84. The van der Waals surface area contributed by atoms with Crippen molar-refractivity contribution in [3.8, 4) is 5.75 Å². The first-order chi connectivity index (χ1) is 9.86. The van der Waals surface area contributed by atoms with Gasteiger partial charge in [0.05, 0.1) is 31.6 Å². The molecule has 0 radical (unpaired) electrons. The van der Waals surface area contributed by atoms with Crippen molar-refractivity contribution < 1.29 is 4.74 Å². The standard InChI is InChI=1S/C16H30N4O/c1-16(2)8-6-7-12(16)14(17)15-13(21-5)11-18-20(15)10-9-19(3)4/h11-12,14H,6-10,17H2,1-5H3. The van der Waals surface area contributed by atoms with Crippen molar-refractivity contribution in [1.29, 1.82) is 0 Å². The van der Waals surface area contributed by atoms with Crippen LogP contribution in [0.3, 0.4) is 0 Å². The van der Waals surface area contributed by atoms with E-state index in [4.69, 9.17) is 10.5 Å². The molecule has 1 aliphatic carbocycles. The van der Waals surface area contributed by atoms with Crippen LogP contribution in [0.4, 0.5) is 0 Å². The Labute approximate surface area is 128 Å². The van der Waals surface area contributed by atoms with Crippen molar-refractivity contribution in [2.75, 3.05) is 27.7 Å². The van der Waals surface area contributed by atoms with Crippen molar-refractivity contribution in [3.05, 3.63) is 11.9 Å². The number of nitrogens with zero attached hydrogens (tertiary/aromatic N) is 3. The van der Waals surface area contributed by atoms with Gasteiger partial charge in [-0.15, -0.1) is 0 Å². The zero-order chi connectivity index (χ0) is 15.6. The van der Waals surface area contributed by atoms with Gasteiger partial charge in [0.1, 0.15) is 0 Å². The van der Waals surface area contributed by atoms with Crippen LogP contribution in [0, 0.1) is 11.3 Å². The van der Waals surface area contributed by atoms with Crippen LogP contribution in [-0.2, 0) is 6.54 Å². The summed E-state index contributed by atoms with van der Waals surface area (Å²) < 4.78 is 7.53. The molecule has 0 aliphatic heterocycles. The second-order valence-electron chi connectivity index (χ2n) is 7.14. The molecule has 0 amide bonds. The summed E-state index contributed by atoms with van der Waals surface area (Å²) in [6, 6.07) is -0.0119. The molecular formula is C16H30N4O. The second kappa shape index (κ2) is 6.36. The molecule has 5 nitrogen and oxygen atoms in total. The van der Waals surface area contributed by atoms with Crippen LogP contribution in [0.25, 0.3) is 0 Å². The summed E-state index contributed by atoms with van der Waals surface area (Å²) in [6.45, 7) is 6.44. The molecule has 0 saturated heterocycles. The molecule has 5 heteroatoms. The zero-order valence-corrected chi connectivity index (χ0v) is 14.1. The van der Waals surface area contributed by atoms with Gasteiger partial charge in [-0.3, -0.25) is 4.68 Å². The predicted octanol–water partition coefficient (Wildman–Crippen LogP) is 2.28. The number of nitrogens with two attached hydrogens (primary N) is 1. The number of methoxy groups -OCH3 is 1. The minimum Gasteiger partial charge on any atom is -0.493 e. The van der Waals surface area contributed by atoms with Crippen LogP contribution in [0.2, 0.25) is 0 Å². The highest BCUT2D eigenvalue weighted by Crippen LogP contribution is 2.48. The third kappa shape index (κ3) is 3.40. The number of hydrogen-bond acceptors (Lipinski definition) is 4. The van der Waals surface area contributed by atoms with E-state index >= 15 is 0 Å². The van der Waals surface area contributed by atoms with Crippen LogP contribution in [0.1, 0.15) is 44.8 Å². The average Bonchev–Trinajstić information content (AvgIpc) is 2.98. The number of hydrogen-bond donors (Lipinski definition) is 1. The number of ether oxygens (including phenoxy) is 1. The lowest BCUT2D eigenvalue weighted by Crippen LogP contribution is -2.32. The van der Waals surface area contributed by atoms with Gasteiger partial charge in [-0.2, -0.15) is 5.10 Å². The smallest absolute Gasteiger partial charge is 0.161 e. The number of likely N-dealkylation sites (N-methyl/N-ethyl adjacent to an activating group) is 1. The summed E-state index contributed by atoms with van der Waals surface area (Å²) >= 11 is 0. The third-order valence-corrected chi connectivity index (χ3v) is 4.91. The summed E-state index contributed by atoms with van der Waals surface area (Å²) in [5.74, 6) is 1.31. The van der Waals surface area contributed by atoms with Crippen molar-refractivity contribution in [2.45, 2.75) is 45.7 Å². The molecule has 120 valence electrons. The fourth-order valence-corrected chi connectivity index (χ4v) is 3.55. The first-order valence-electron chi connectivity index (χ1n) is 7.87. The lowest BCUT2D eigenvalue weighted by molar-refractivity contribution is 0.212. The number of aromatic nitrogens is 2. The molecule has 1 aromatic rings. The Morgan fingerprint density at radius 1 is 1.52 bits per heavy atom. The molecule has 0 spiro atoms. The summed E-state index contributed by atoms with van der Waals surface area (Å²) in [4.78, 5) is 2.16. The molecule has 1 aromatic heterocycles. The Balaban J connectivity index is 2.26. The van der Waals surface area contributed by atoms with E-state index < -0.39 is 0 Å². The molecule has 1 aliphatic rings. The SMILES string of the molecule is COc1cnn(CCN(C)C)c1C(N)C1CCCC1(C)C. The molecule has 2 unspecified atom stereocenters. The molecule has 1 fully saturated rings. The van der Waals surface area contributed by atoms with E-state index in [0.29, 0.717) is 11.3 Å². The van der Waals surface area contributed by atoms with Gasteiger partial charge in [0.15, 0.2) is 5.75 Å². The Kier molecular flexibility index (Phi) is 4.94. The Hall–Kier alpha value is -1.07. The Morgan fingerprint density at radius 2 is 2.24 bits per heavy atom. The highest BCUT2D eigenvalue weighted by Gasteiger charge is 2.40. The van der Waals surface area contributed by atoms with Crippen molar-refractivity contribution >= 4 is 0 Å². The highest BCUT2D eigenvalue weighted by atomic mass is 16.5.